The lowest BCUT2D eigenvalue weighted by Gasteiger charge is -2.28. The number of hydrogen-bond donors (Lipinski definition) is 2. The number of rotatable bonds is 6. The van der Waals surface area contributed by atoms with Gasteiger partial charge in [-0.25, -0.2) is 0 Å². The van der Waals surface area contributed by atoms with Gasteiger partial charge in [0.25, 0.3) is 5.91 Å². The second-order valence-corrected chi connectivity index (χ2v) is 6.32. The van der Waals surface area contributed by atoms with Gasteiger partial charge in [0, 0.05) is 25.3 Å². The number of aryl methyl sites for hydroxylation is 1. The van der Waals surface area contributed by atoms with E-state index in [4.69, 9.17) is 4.74 Å². The van der Waals surface area contributed by atoms with E-state index in [0.717, 1.165) is 23.4 Å². The standard InChI is InChI=1S/C20H23N3O3/c1-15-2-8-18(9-3-15)26-14-20(25)22-12-16-4-6-17(7-5-16)23-11-10-21-19(24)13-23/h2-9H,10-14H2,1H3,(H,21,24)(H,22,25). The van der Waals surface area contributed by atoms with Gasteiger partial charge in [0.1, 0.15) is 5.75 Å². The molecule has 0 aromatic heterocycles. The van der Waals surface area contributed by atoms with Crippen LogP contribution in [0.4, 0.5) is 5.69 Å². The zero-order valence-electron chi connectivity index (χ0n) is 14.8. The third-order valence-corrected chi connectivity index (χ3v) is 4.22. The van der Waals surface area contributed by atoms with Crippen molar-refractivity contribution in [1.29, 1.82) is 0 Å². The van der Waals surface area contributed by atoms with E-state index in [0.29, 0.717) is 25.4 Å². The number of carbonyl (C=O) groups excluding carboxylic acids is 2. The van der Waals surface area contributed by atoms with Crippen LogP contribution in [0.2, 0.25) is 0 Å². The van der Waals surface area contributed by atoms with E-state index >= 15 is 0 Å². The van der Waals surface area contributed by atoms with Gasteiger partial charge in [-0.3, -0.25) is 9.59 Å². The second kappa shape index (κ2) is 8.38. The maximum Gasteiger partial charge on any atom is 0.258 e. The second-order valence-electron chi connectivity index (χ2n) is 6.32. The third-order valence-electron chi connectivity index (χ3n) is 4.22. The van der Waals surface area contributed by atoms with Gasteiger partial charge >= 0.3 is 0 Å². The van der Waals surface area contributed by atoms with E-state index in [1.165, 1.54) is 0 Å². The first-order valence-electron chi connectivity index (χ1n) is 8.67. The maximum absolute atomic E-state index is 11.9. The Morgan fingerprint density at radius 1 is 1.15 bits per heavy atom. The van der Waals surface area contributed by atoms with Crippen LogP contribution in [-0.2, 0) is 16.1 Å². The number of piperazine rings is 1. The quantitative estimate of drug-likeness (QED) is 0.828. The lowest BCUT2D eigenvalue weighted by molar-refractivity contribution is -0.123. The van der Waals surface area contributed by atoms with Gasteiger partial charge in [-0.05, 0) is 36.8 Å². The monoisotopic (exact) mass is 353 g/mol. The molecule has 0 radical (unpaired) electrons. The molecule has 2 amide bonds. The van der Waals surface area contributed by atoms with Gasteiger partial charge < -0.3 is 20.3 Å². The summed E-state index contributed by atoms with van der Waals surface area (Å²) < 4.78 is 5.46. The smallest absolute Gasteiger partial charge is 0.258 e. The van der Waals surface area contributed by atoms with E-state index in [9.17, 15) is 9.59 Å². The van der Waals surface area contributed by atoms with Crippen molar-refractivity contribution >= 4 is 17.5 Å². The average molecular weight is 353 g/mol. The molecule has 0 atom stereocenters. The molecule has 2 N–H and O–H groups in total. The van der Waals surface area contributed by atoms with Gasteiger partial charge in [-0.15, -0.1) is 0 Å². The van der Waals surface area contributed by atoms with Crippen molar-refractivity contribution in [1.82, 2.24) is 10.6 Å². The van der Waals surface area contributed by atoms with Crippen molar-refractivity contribution in [2.24, 2.45) is 0 Å². The van der Waals surface area contributed by atoms with E-state index in [1.807, 2.05) is 60.4 Å². The summed E-state index contributed by atoms with van der Waals surface area (Å²) in [5.41, 5.74) is 3.16. The molecule has 26 heavy (non-hydrogen) atoms. The summed E-state index contributed by atoms with van der Waals surface area (Å²) in [5.74, 6) is 0.559. The molecular weight excluding hydrogens is 330 g/mol. The van der Waals surface area contributed by atoms with E-state index in [-0.39, 0.29) is 18.4 Å². The highest BCUT2D eigenvalue weighted by Gasteiger charge is 2.16. The number of amides is 2. The summed E-state index contributed by atoms with van der Waals surface area (Å²) in [6.07, 6.45) is 0. The number of nitrogens with zero attached hydrogens (tertiary/aromatic N) is 1. The summed E-state index contributed by atoms with van der Waals surface area (Å²) in [6, 6.07) is 15.5. The molecule has 2 aromatic rings. The van der Waals surface area contributed by atoms with Crippen molar-refractivity contribution in [2.45, 2.75) is 13.5 Å². The van der Waals surface area contributed by atoms with Gasteiger partial charge in [0.15, 0.2) is 6.61 Å². The Morgan fingerprint density at radius 3 is 2.58 bits per heavy atom. The highest BCUT2D eigenvalue weighted by Crippen LogP contribution is 2.16. The van der Waals surface area contributed by atoms with E-state index < -0.39 is 0 Å². The summed E-state index contributed by atoms with van der Waals surface area (Å²) in [7, 11) is 0. The van der Waals surface area contributed by atoms with Crippen molar-refractivity contribution in [3.63, 3.8) is 0 Å². The van der Waals surface area contributed by atoms with Gasteiger partial charge in [0.05, 0.1) is 6.54 Å². The van der Waals surface area contributed by atoms with Crippen LogP contribution in [-0.4, -0.2) is 38.1 Å². The fourth-order valence-electron chi connectivity index (χ4n) is 2.72. The Balaban J connectivity index is 1.44. The molecule has 1 saturated heterocycles. The number of hydrogen-bond acceptors (Lipinski definition) is 4. The highest BCUT2D eigenvalue weighted by atomic mass is 16.5. The third kappa shape index (κ3) is 4.99. The lowest BCUT2D eigenvalue weighted by atomic mass is 10.2. The molecule has 1 heterocycles. The van der Waals surface area contributed by atoms with Crippen molar-refractivity contribution in [2.75, 3.05) is 31.1 Å². The molecule has 6 heteroatoms. The molecule has 1 aliphatic rings. The zero-order chi connectivity index (χ0) is 18.4. The zero-order valence-corrected chi connectivity index (χ0v) is 14.8. The largest absolute Gasteiger partial charge is 0.484 e. The van der Waals surface area contributed by atoms with Crippen molar-refractivity contribution in [3.05, 3.63) is 59.7 Å². The molecule has 1 fully saturated rings. The molecule has 3 rings (SSSR count). The minimum Gasteiger partial charge on any atom is -0.484 e. The molecular formula is C20H23N3O3. The molecule has 0 saturated carbocycles. The number of benzene rings is 2. The fraction of sp³-hybridized carbons (Fsp3) is 0.300. The van der Waals surface area contributed by atoms with Crippen LogP contribution in [0, 0.1) is 6.92 Å². The summed E-state index contributed by atoms with van der Waals surface area (Å²) in [4.78, 5) is 25.4. The van der Waals surface area contributed by atoms with Crippen LogP contribution in [0.15, 0.2) is 48.5 Å². The molecule has 0 spiro atoms. The predicted molar refractivity (Wildman–Crippen MR) is 100 cm³/mol. The normalized spacial score (nSPS) is 13.9. The number of carbonyl (C=O) groups is 2. The topological polar surface area (TPSA) is 70.7 Å². The first kappa shape index (κ1) is 17.8. The molecule has 1 aliphatic heterocycles. The Kier molecular flexibility index (Phi) is 5.73. The number of ether oxygens (including phenoxy) is 1. The molecule has 0 unspecified atom stereocenters. The SMILES string of the molecule is Cc1ccc(OCC(=O)NCc2ccc(N3CCNC(=O)C3)cc2)cc1. The summed E-state index contributed by atoms with van der Waals surface area (Å²) in [6.45, 7) is 4.28. The summed E-state index contributed by atoms with van der Waals surface area (Å²) >= 11 is 0. The van der Waals surface area contributed by atoms with Crippen LogP contribution >= 0.6 is 0 Å². The Bertz CT molecular complexity index is 757. The molecule has 2 aromatic carbocycles. The molecule has 0 bridgehead atoms. The minimum atomic E-state index is -0.164. The van der Waals surface area contributed by atoms with Crippen LogP contribution in [0.3, 0.4) is 0 Å². The molecule has 136 valence electrons. The first-order valence-corrected chi connectivity index (χ1v) is 8.67. The molecule has 6 nitrogen and oxygen atoms in total. The van der Waals surface area contributed by atoms with Crippen LogP contribution < -0.4 is 20.3 Å². The Hall–Kier alpha value is -3.02. The Labute approximate surface area is 153 Å². The van der Waals surface area contributed by atoms with Gasteiger partial charge in [-0.2, -0.15) is 0 Å². The van der Waals surface area contributed by atoms with Crippen LogP contribution in [0.5, 0.6) is 5.75 Å². The Morgan fingerprint density at radius 2 is 1.88 bits per heavy atom. The summed E-state index contributed by atoms with van der Waals surface area (Å²) in [5, 5.41) is 5.66. The van der Waals surface area contributed by atoms with Crippen molar-refractivity contribution < 1.29 is 14.3 Å². The lowest BCUT2D eigenvalue weighted by Crippen LogP contribution is -2.47. The predicted octanol–water partition coefficient (Wildman–Crippen LogP) is 1.63. The number of anilines is 1. The van der Waals surface area contributed by atoms with Crippen molar-refractivity contribution in [3.8, 4) is 5.75 Å². The van der Waals surface area contributed by atoms with Crippen LogP contribution in [0.1, 0.15) is 11.1 Å². The van der Waals surface area contributed by atoms with E-state index in [2.05, 4.69) is 10.6 Å². The highest BCUT2D eigenvalue weighted by molar-refractivity contribution is 5.82. The number of nitrogens with one attached hydrogen (secondary N) is 2. The first-order chi connectivity index (χ1) is 12.6. The van der Waals surface area contributed by atoms with Gasteiger partial charge in [0.2, 0.25) is 5.91 Å². The van der Waals surface area contributed by atoms with Crippen LogP contribution in [0.25, 0.3) is 0 Å². The van der Waals surface area contributed by atoms with E-state index in [1.54, 1.807) is 0 Å². The average Bonchev–Trinajstić information content (AvgIpc) is 2.66. The van der Waals surface area contributed by atoms with Gasteiger partial charge in [-0.1, -0.05) is 29.8 Å². The fourth-order valence-corrected chi connectivity index (χ4v) is 2.72. The minimum absolute atomic E-state index is 0.00989. The molecule has 0 aliphatic carbocycles. The maximum atomic E-state index is 11.9.